The van der Waals surface area contributed by atoms with E-state index in [-0.39, 0.29) is 6.04 Å². The van der Waals surface area contributed by atoms with Gasteiger partial charge in [-0.05, 0) is 37.5 Å². The van der Waals surface area contributed by atoms with Crippen LogP contribution in [-0.2, 0) is 12.8 Å². The summed E-state index contributed by atoms with van der Waals surface area (Å²) in [6, 6.07) is 6.49. The number of rotatable bonds is 5. The summed E-state index contributed by atoms with van der Waals surface area (Å²) in [7, 11) is 0. The Hall–Kier alpha value is -1.13. The van der Waals surface area contributed by atoms with Crippen LogP contribution in [0.15, 0.2) is 35.1 Å². The highest BCUT2D eigenvalue weighted by Gasteiger charge is 2.11. The first-order valence-corrected chi connectivity index (χ1v) is 7.47. The normalized spacial score (nSPS) is 12.6. The van der Waals surface area contributed by atoms with E-state index in [9.17, 15) is 0 Å². The molecule has 0 aliphatic carbocycles. The molecule has 1 aromatic carbocycles. The average Bonchev–Trinajstić information content (AvgIpc) is 2.79. The van der Waals surface area contributed by atoms with Crippen molar-refractivity contribution in [2.24, 2.45) is 5.73 Å². The maximum atomic E-state index is 5.94. The molecule has 1 aromatic heterocycles. The minimum absolute atomic E-state index is 0.151. The maximum Gasteiger partial charge on any atom is 0.113 e. The number of hydrogen-bond acceptors (Lipinski definition) is 2. The summed E-state index contributed by atoms with van der Waals surface area (Å²) >= 11 is 3.55. The minimum Gasteiger partial charge on any atom is -0.328 e. The van der Waals surface area contributed by atoms with Gasteiger partial charge < -0.3 is 10.3 Å². The van der Waals surface area contributed by atoms with Gasteiger partial charge in [0, 0.05) is 29.3 Å². The Morgan fingerprint density at radius 2 is 2.21 bits per heavy atom. The van der Waals surface area contributed by atoms with E-state index in [2.05, 4.69) is 50.6 Å². The van der Waals surface area contributed by atoms with Gasteiger partial charge >= 0.3 is 0 Å². The Morgan fingerprint density at radius 1 is 1.42 bits per heavy atom. The third-order valence-electron chi connectivity index (χ3n) is 3.04. The van der Waals surface area contributed by atoms with E-state index in [0.29, 0.717) is 0 Å². The fraction of sp³-hybridized carbons (Fsp3) is 0.400. The van der Waals surface area contributed by atoms with Crippen molar-refractivity contribution in [1.82, 2.24) is 9.55 Å². The minimum atomic E-state index is 0.151. The second-order valence-corrected chi connectivity index (χ2v) is 5.83. The molecular formula is C15H20BrN3. The Balaban J connectivity index is 2.46. The lowest BCUT2D eigenvalue weighted by Gasteiger charge is -2.15. The molecule has 0 radical (unpaired) electrons. The second kappa shape index (κ2) is 6.35. The van der Waals surface area contributed by atoms with Crippen LogP contribution in [0, 0.1) is 0 Å². The van der Waals surface area contributed by atoms with Crippen molar-refractivity contribution in [3.05, 3.63) is 46.5 Å². The zero-order valence-electron chi connectivity index (χ0n) is 11.4. The topological polar surface area (TPSA) is 43.8 Å². The van der Waals surface area contributed by atoms with Crippen molar-refractivity contribution in [3.8, 4) is 5.69 Å². The summed E-state index contributed by atoms with van der Waals surface area (Å²) in [5.41, 5.74) is 8.38. The summed E-state index contributed by atoms with van der Waals surface area (Å²) < 4.78 is 3.25. The van der Waals surface area contributed by atoms with E-state index in [1.54, 1.807) is 0 Å². The van der Waals surface area contributed by atoms with Crippen molar-refractivity contribution in [1.29, 1.82) is 0 Å². The maximum absolute atomic E-state index is 5.94. The molecule has 102 valence electrons. The van der Waals surface area contributed by atoms with Gasteiger partial charge in [0.25, 0.3) is 0 Å². The lowest BCUT2D eigenvalue weighted by atomic mass is 10.1. The van der Waals surface area contributed by atoms with Gasteiger partial charge in [0.1, 0.15) is 5.82 Å². The van der Waals surface area contributed by atoms with Gasteiger partial charge in [-0.1, -0.05) is 28.9 Å². The van der Waals surface area contributed by atoms with Gasteiger partial charge in [-0.2, -0.15) is 0 Å². The van der Waals surface area contributed by atoms with E-state index in [4.69, 9.17) is 5.73 Å². The molecule has 1 heterocycles. The van der Waals surface area contributed by atoms with Gasteiger partial charge in [-0.25, -0.2) is 4.98 Å². The van der Waals surface area contributed by atoms with Crippen molar-refractivity contribution in [3.63, 3.8) is 0 Å². The number of imidazole rings is 1. The third kappa shape index (κ3) is 3.45. The quantitative estimate of drug-likeness (QED) is 0.916. The van der Waals surface area contributed by atoms with Crippen molar-refractivity contribution in [2.45, 2.75) is 39.2 Å². The first-order valence-electron chi connectivity index (χ1n) is 6.68. The van der Waals surface area contributed by atoms with E-state index >= 15 is 0 Å². The molecule has 1 unspecified atom stereocenters. The van der Waals surface area contributed by atoms with Crippen LogP contribution in [0.5, 0.6) is 0 Å². The van der Waals surface area contributed by atoms with E-state index < -0.39 is 0 Å². The predicted octanol–water partition coefficient (Wildman–Crippen LogP) is 3.48. The van der Waals surface area contributed by atoms with E-state index in [0.717, 1.165) is 29.6 Å². The number of nitrogens with two attached hydrogens (primary N) is 1. The molecule has 0 spiro atoms. The molecular weight excluding hydrogens is 302 g/mol. The first kappa shape index (κ1) is 14.3. The van der Waals surface area contributed by atoms with Gasteiger partial charge in [0.05, 0.1) is 5.69 Å². The van der Waals surface area contributed by atoms with Crippen LogP contribution in [0.1, 0.15) is 31.7 Å². The van der Waals surface area contributed by atoms with Crippen molar-refractivity contribution in [2.75, 3.05) is 0 Å². The Morgan fingerprint density at radius 3 is 2.89 bits per heavy atom. The lowest BCUT2D eigenvalue weighted by Crippen LogP contribution is -2.19. The summed E-state index contributed by atoms with van der Waals surface area (Å²) in [5.74, 6) is 1.10. The van der Waals surface area contributed by atoms with E-state index in [1.807, 2.05) is 19.3 Å². The molecule has 0 saturated carbocycles. The van der Waals surface area contributed by atoms with Crippen LogP contribution >= 0.6 is 15.9 Å². The zero-order valence-corrected chi connectivity index (χ0v) is 13.0. The largest absolute Gasteiger partial charge is 0.328 e. The number of aromatic nitrogens is 2. The Bertz CT molecular complexity index is 546. The molecule has 2 N–H and O–H groups in total. The highest BCUT2D eigenvalue weighted by atomic mass is 79.9. The monoisotopic (exact) mass is 321 g/mol. The highest BCUT2D eigenvalue weighted by Crippen LogP contribution is 2.23. The SMILES string of the molecule is CCCc1nccn1-c1cc(Br)ccc1CC(C)N. The molecule has 4 heteroatoms. The molecule has 1 atom stereocenters. The summed E-state index contributed by atoms with van der Waals surface area (Å²) in [6.45, 7) is 4.20. The van der Waals surface area contributed by atoms with Gasteiger partial charge in [0.15, 0.2) is 0 Å². The summed E-state index contributed by atoms with van der Waals surface area (Å²) in [4.78, 5) is 4.45. The van der Waals surface area contributed by atoms with E-state index in [1.165, 1.54) is 11.3 Å². The van der Waals surface area contributed by atoms with Crippen LogP contribution in [0.25, 0.3) is 5.69 Å². The summed E-state index contributed by atoms with van der Waals surface area (Å²) in [6.07, 6.45) is 6.83. The van der Waals surface area contributed by atoms with Gasteiger partial charge in [-0.15, -0.1) is 0 Å². The molecule has 0 fully saturated rings. The molecule has 0 aliphatic rings. The number of aryl methyl sites for hydroxylation is 1. The van der Waals surface area contributed by atoms with Crippen molar-refractivity contribution >= 4 is 15.9 Å². The molecule has 0 amide bonds. The molecule has 2 aromatic rings. The second-order valence-electron chi connectivity index (χ2n) is 4.92. The predicted molar refractivity (Wildman–Crippen MR) is 82.6 cm³/mol. The molecule has 2 rings (SSSR count). The standard InChI is InChI=1S/C15H20BrN3/c1-3-4-15-18-7-8-19(15)14-10-13(16)6-5-12(14)9-11(2)17/h5-8,10-11H,3-4,9,17H2,1-2H3. The molecule has 0 saturated heterocycles. The smallest absolute Gasteiger partial charge is 0.113 e. The Labute approximate surface area is 123 Å². The molecule has 0 aliphatic heterocycles. The molecule has 19 heavy (non-hydrogen) atoms. The number of halogens is 1. The lowest BCUT2D eigenvalue weighted by molar-refractivity contribution is 0.728. The average molecular weight is 322 g/mol. The summed E-state index contributed by atoms with van der Waals surface area (Å²) in [5, 5.41) is 0. The highest BCUT2D eigenvalue weighted by molar-refractivity contribution is 9.10. The van der Waals surface area contributed by atoms with Crippen LogP contribution in [-0.4, -0.2) is 15.6 Å². The molecule has 3 nitrogen and oxygen atoms in total. The molecule has 0 bridgehead atoms. The van der Waals surface area contributed by atoms with Gasteiger partial charge in [0.2, 0.25) is 0 Å². The number of benzene rings is 1. The van der Waals surface area contributed by atoms with Gasteiger partial charge in [-0.3, -0.25) is 0 Å². The van der Waals surface area contributed by atoms with Crippen LogP contribution in [0.3, 0.4) is 0 Å². The first-order chi connectivity index (χ1) is 9.11. The number of nitrogens with zero attached hydrogens (tertiary/aromatic N) is 2. The van der Waals surface area contributed by atoms with Crippen LogP contribution in [0.4, 0.5) is 0 Å². The zero-order chi connectivity index (χ0) is 13.8. The number of hydrogen-bond donors (Lipinski definition) is 1. The fourth-order valence-electron chi connectivity index (χ4n) is 2.24. The fourth-order valence-corrected chi connectivity index (χ4v) is 2.59. The third-order valence-corrected chi connectivity index (χ3v) is 3.53. The van der Waals surface area contributed by atoms with Crippen LogP contribution in [0.2, 0.25) is 0 Å². The Kier molecular flexibility index (Phi) is 4.77. The van der Waals surface area contributed by atoms with Crippen molar-refractivity contribution < 1.29 is 0 Å². The van der Waals surface area contributed by atoms with Crippen LogP contribution < -0.4 is 5.73 Å².